The van der Waals surface area contributed by atoms with E-state index in [1.807, 2.05) is 30.3 Å². The minimum atomic E-state index is -0.160. The third-order valence-electron chi connectivity index (χ3n) is 5.92. The molecular formula is C23H22N6O2. The number of amides is 1. The van der Waals surface area contributed by atoms with Gasteiger partial charge in [0.25, 0.3) is 11.5 Å². The minimum Gasteiger partial charge on any atom is -0.349 e. The van der Waals surface area contributed by atoms with E-state index in [1.54, 1.807) is 35.4 Å². The molecule has 4 aromatic rings. The van der Waals surface area contributed by atoms with Crippen LogP contribution in [0.3, 0.4) is 0 Å². The van der Waals surface area contributed by atoms with Gasteiger partial charge in [0, 0.05) is 35.9 Å². The van der Waals surface area contributed by atoms with Crippen LogP contribution in [0.5, 0.6) is 0 Å². The number of aromatic nitrogens is 5. The van der Waals surface area contributed by atoms with Gasteiger partial charge in [-0.25, -0.2) is 14.8 Å². The maximum Gasteiger partial charge on any atom is 0.272 e. The average molecular weight is 414 g/mol. The van der Waals surface area contributed by atoms with E-state index in [0.29, 0.717) is 16.8 Å². The Kier molecular flexibility index (Phi) is 5.03. The Morgan fingerprint density at radius 3 is 2.55 bits per heavy atom. The van der Waals surface area contributed by atoms with Crippen LogP contribution in [-0.4, -0.2) is 36.9 Å². The van der Waals surface area contributed by atoms with E-state index in [-0.39, 0.29) is 23.4 Å². The normalized spacial score (nSPS) is 18.7. The summed E-state index contributed by atoms with van der Waals surface area (Å²) >= 11 is 0. The lowest BCUT2D eigenvalue weighted by Crippen LogP contribution is -2.37. The summed E-state index contributed by atoms with van der Waals surface area (Å²) in [5.74, 6) is 0.822. The molecule has 31 heavy (non-hydrogen) atoms. The molecule has 5 rings (SSSR count). The van der Waals surface area contributed by atoms with E-state index < -0.39 is 0 Å². The van der Waals surface area contributed by atoms with Crippen molar-refractivity contribution in [3.8, 4) is 5.82 Å². The van der Waals surface area contributed by atoms with Crippen molar-refractivity contribution in [2.24, 2.45) is 0 Å². The smallest absolute Gasteiger partial charge is 0.272 e. The number of carbonyl (C=O) groups excluding carboxylic acids is 1. The highest BCUT2D eigenvalue weighted by Gasteiger charge is 2.26. The molecule has 3 heterocycles. The lowest BCUT2D eigenvalue weighted by Gasteiger charge is -2.29. The maximum absolute atomic E-state index is 12.6. The van der Waals surface area contributed by atoms with Gasteiger partial charge in [0.05, 0.1) is 16.6 Å². The number of benzene rings is 1. The second kappa shape index (κ2) is 8.14. The van der Waals surface area contributed by atoms with Crippen molar-refractivity contribution in [2.45, 2.75) is 37.6 Å². The van der Waals surface area contributed by atoms with Gasteiger partial charge in [-0.15, -0.1) is 0 Å². The summed E-state index contributed by atoms with van der Waals surface area (Å²) in [4.78, 5) is 29.0. The summed E-state index contributed by atoms with van der Waals surface area (Å²) in [6, 6.07) is 13.1. The molecule has 0 bridgehead atoms. The molecule has 0 saturated heterocycles. The predicted molar refractivity (Wildman–Crippen MR) is 116 cm³/mol. The molecule has 1 aliphatic rings. The molecule has 1 aliphatic carbocycles. The van der Waals surface area contributed by atoms with Crippen LogP contribution in [0.25, 0.3) is 16.6 Å². The Labute approximate surface area is 178 Å². The molecule has 1 aromatic carbocycles. The zero-order chi connectivity index (χ0) is 21.2. The van der Waals surface area contributed by atoms with Crippen LogP contribution < -0.4 is 10.9 Å². The molecule has 2 N–H and O–H groups in total. The van der Waals surface area contributed by atoms with Crippen LogP contribution in [0.15, 0.2) is 65.8 Å². The van der Waals surface area contributed by atoms with Crippen molar-refractivity contribution >= 4 is 16.7 Å². The van der Waals surface area contributed by atoms with E-state index in [4.69, 9.17) is 0 Å². The summed E-state index contributed by atoms with van der Waals surface area (Å²) < 4.78 is 1.65. The fourth-order valence-electron chi connectivity index (χ4n) is 4.29. The van der Waals surface area contributed by atoms with Gasteiger partial charge in [-0.3, -0.25) is 9.59 Å². The largest absolute Gasteiger partial charge is 0.349 e. The van der Waals surface area contributed by atoms with Crippen LogP contribution in [0, 0.1) is 0 Å². The number of hydrogen-bond acceptors (Lipinski definition) is 5. The molecule has 1 amide bonds. The van der Waals surface area contributed by atoms with Crippen LogP contribution >= 0.6 is 0 Å². The fraction of sp³-hybridized carbons (Fsp3) is 0.261. The highest BCUT2D eigenvalue weighted by molar-refractivity contribution is 5.94. The first-order valence-electron chi connectivity index (χ1n) is 10.4. The van der Waals surface area contributed by atoms with Gasteiger partial charge in [0.15, 0.2) is 5.82 Å². The van der Waals surface area contributed by atoms with E-state index >= 15 is 0 Å². The van der Waals surface area contributed by atoms with Crippen LogP contribution in [-0.2, 0) is 0 Å². The number of fused-ring (bicyclic) bond motifs is 1. The summed E-state index contributed by atoms with van der Waals surface area (Å²) in [6.07, 6.45) is 8.61. The number of carbonyl (C=O) groups is 1. The number of pyridine rings is 1. The number of nitrogens with one attached hydrogen (secondary N) is 2. The summed E-state index contributed by atoms with van der Waals surface area (Å²) in [5.41, 5.74) is 1.32. The second-order valence-corrected chi connectivity index (χ2v) is 7.86. The molecule has 0 aliphatic heterocycles. The highest BCUT2D eigenvalue weighted by atomic mass is 16.1. The number of aromatic amines is 1. The van der Waals surface area contributed by atoms with Crippen LogP contribution in [0.2, 0.25) is 0 Å². The van der Waals surface area contributed by atoms with Gasteiger partial charge in [-0.05, 0) is 49.9 Å². The molecule has 156 valence electrons. The molecule has 8 heteroatoms. The maximum atomic E-state index is 12.6. The van der Waals surface area contributed by atoms with Crippen molar-refractivity contribution in [3.05, 3.63) is 82.7 Å². The lowest BCUT2D eigenvalue weighted by atomic mass is 9.82. The van der Waals surface area contributed by atoms with Gasteiger partial charge >= 0.3 is 0 Å². The predicted octanol–water partition coefficient (Wildman–Crippen LogP) is 2.96. The third-order valence-corrected chi connectivity index (χ3v) is 5.92. The minimum absolute atomic E-state index is 0.114. The van der Waals surface area contributed by atoms with Crippen LogP contribution in [0.1, 0.15) is 47.7 Å². The number of hydrogen-bond donors (Lipinski definition) is 2. The SMILES string of the molecule is O=C(N[C@H]1CC[C@H](c2n[nH]c(=O)c3ccccc32)CC1)c1ccc(-n2cccn2)nc1. The Bertz CT molecular complexity index is 1260. The quantitative estimate of drug-likeness (QED) is 0.534. The Morgan fingerprint density at radius 1 is 1.03 bits per heavy atom. The van der Waals surface area contributed by atoms with E-state index in [2.05, 4.69) is 25.6 Å². The Hall–Kier alpha value is -3.81. The molecule has 0 unspecified atom stereocenters. The van der Waals surface area contributed by atoms with Crippen molar-refractivity contribution in [3.63, 3.8) is 0 Å². The van der Waals surface area contributed by atoms with Gasteiger partial charge in [0.1, 0.15) is 0 Å². The van der Waals surface area contributed by atoms with Crippen molar-refractivity contribution in [2.75, 3.05) is 0 Å². The van der Waals surface area contributed by atoms with Crippen molar-refractivity contribution < 1.29 is 4.79 Å². The summed E-state index contributed by atoms with van der Waals surface area (Å²) in [6.45, 7) is 0. The van der Waals surface area contributed by atoms with Gasteiger partial charge in [0.2, 0.25) is 0 Å². The second-order valence-electron chi connectivity index (χ2n) is 7.86. The monoisotopic (exact) mass is 414 g/mol. The molecule has 0 radical (unpaired) electrons. The van der Waals surface area contributed by atoms with E-state index in [1.165, 1.54) is 0 Å². The van der Waals surface area contributed by atoms with E-state index in [0.717, 1.165) is 36.8 Å². The Morgan fingerprint density at radius 2 is 1.84 bits per heavy atom. The van der Waals surface area contributed by atoms with Gasteiger partial charge < -0.3 is 5.32 Å². The Balaban J connectivity index is 1.23. The van der Waals surface area contributed by atoms with Gasteiger partial charge in [-0.2, -0.15) is 10.2 Å². The molecular weight excluding hydrogens is 392 g/mol. The third kappa shape index (κ3) is 3.84. The van der Waals surface area contributed by atoms with E-state index in [9.17, 15) is 9.59 Å². The first-order chi connectivity index (χ1) is 15.2. The summed E-state index contributed by atoms with van der Waals surface area (Å²) in [5, 5.41) is 15.8. The number of rotatable bonds is 4. The molecule has 0 spiro atoms. The highest BCUT2D eigenvalue weighted by Crippen LogP contribution is 2.34. The average Bonchev–Trinajstić information content (AvgIpc) is 3.35. The number of nitrogens with zero attached hydrogens (tertiary/aromatic N) is 4. The zero-order valence-corrected chi connectivity index (χ0v) is 16.9. The fourth-order valence-corrected chi connectivity index (χ4v) is 4.29. The molecule has 1 fully saturated rings. The standard InChI is InChI=1S/C23H22N6O2/c30-22(16-8-11-20(24-14-16)29-13-3-12-25-29)26-17-9-6-15(7-10-17)21-18-4-1-2-5-19(18)23(31)28-27-21/h1-5,8,11-15,17H,6-7,9-10H2,(H,26,30)(H,28,31)/t15-,17-. The first kappa shape index (κ1) is 19.2. The first-order valence-corrected chi connectivity index (χ1v) is 10.4. The zero-order valence-electron chi connectivity index (χ0n) is 16.9. The van der Waals surface area contributed by atoms with Gasteiger partial charge in [-0.1, -0.05) is 18.2 Å². The van der Waals surface area contributed by atoms with Crippen molar-refractivity contribution in [1.29, 1.82) is 0 Å². The number of H-pyrrole nitrogens is 1. The lowest BCUT2D eigenvalue weighted by molar-refractivity contribution is 0.0925. The molecule has 3 aromatic heterocycles. The summed E-state index contributed by atoms with van der Waals surface area (Å²) in [7, 11) is 0. The molecule has 1 saturated carbocycles. The van der Waals surface area contributed by atoms with Crippen molar-refractivity contribution in [1.82, 2.24) is 30.3 Å². The molecule has 0 atom stereocenters. The topological polar surface area (TPSA) is 106 Å². The molecule has 8 nitrogen and oxygen atoms in total. The van der Waals surface area contributed by atoms with Crippen LogP contribution in [0.4, 0.5) is 0 Å².